The summed E-state index contributed by atoms with van der Waals surface area (Å²) in [6.45, 7) is 1.84. The van der Waals surface area contributed by atoms with E-state index in [1.54, 1.807) is 3.55 Å². The maximum absolute atomic E-state index is 11.8. The van der Waals surface area contributed by atoms with Gasteiger partial charge in [-0.1, -0.05) is 37.8 Å². The Morgan fingerprint density at radius 3 is 2.70 bits per heavy atom. The van der Waals surface area contributed by atoms with Crippen LogP contribution in [0.1, 0.15) is 30.3 Å². The molecule has 0 spiro atoms. The number of rotatable bonds is 4. The first kappa shape index (κ1) is 17.0. The second-order valence-electron chi connectivity index (χ2n) is 4.84. The fourth-order valence-electron chi connectivity index (χ4n) is 2.21. The summed E-state index contributed by atoms with van der Waals surface area (Å²) in [5.74, 6) is 0.528. The van der Waals surface area contributed by atoms with E-state index < -0.39 is 0 Å². The highest BCUT2D eigenvalue weighted by Gasteiger charge is 2.18. The first-order valence-electron chi connectivity index (χ1n) is 6.67. The summed E-state index contributed by atoms with van der Waals surface area (Å²) in [7, 11) is 0. The molecule has 1 aromatic carbocycles. The van der Waals surface area contributed by atoms with Gasteiger partial charge in [-0.05, 0) is 12.5 Å². The molecule has 2 heterocycles. The Morgan fingerprint density at radius 2 is 2.04 bits per heavy atom. The van der Waals surface area contributed by atoms with Gasteiger partial charge >= 0.3 is 16.5 Å². The Balaban J connectivity index is 0.00000192. The molecule has 23 heavy (non-hydrogen) atoms. The van der Waals surface area contributed by atoms with E-state index in [2.05, 4.69) is 26.5 Å². The van der Waals surface area contributed by atoms with Gasteiger partial charge in [0.2, 0.25) is 5.88 Å². The molecule has 0 amide bonds. The molecule has 6 nitrogen and oxygen atoms in total. The maximum Gasteiger partial charge on any atom is 0.323 e. The predicted octanol–water partition coefficient (Wildman–Crippen LogP) is 2.36. The molecule has 0 atom stereocenters. The van der Waals surface area contributed by atoms with Crippen molar-refractivity contribution in [2.24, 2.45) is 0 Å². The van der Waals surface area contributed by atoms with E-state index in [4.69, 9.17) is 10.5 Å². The number of benzene rings is 1. The summed E-state index contributed by atoms with van der Waals surface area (Å²) < 4.78 is 7.21. The fourth-order valence-corrected chi connectivity index (χ4v) is 2.53. The highest BCUT2D eigenvalue weighted by Crippen LogP contribution is 2.26. The number of ketones is 1. The van der Waals surface area contributed by atoms with Crippen LogP contribution < -0.4 is 10.5 Å². The normalized spacial score (nSPS) is 10.3. The summed E-state index contributed by atoms with van der Waals surface area (Å²) in [5.41, 5.74) is 8.30. The lowest BCUT2D eigenvalue weighted by atomic mass is 10.2. The van der Waals surface area contributed by atoms with E-state index in [1.807, 2.05) is 30.3 Å². The number of anilines is 1. The van der Waals surface area contributed by atoms with E-state index in [0.717, 1.165) is 5.56 Å². The van der Waals surface area contributed by atoms with Crippen LogP contribution in [0.2, 0.25) is 0 Å². The van der Waals surface area contributed by atoms with Crippen LogP contribution in [0.5, 0.6) is 5.88 Å². The van der Waals surface area contributed by atoms with Gasteiger partial charge in [-0.2, -0.15) is 0 Å². The van der Waals surface area contributed by atoms with Crippen molar-refractivity contribution >= 4 is 39.3 Å². The largest absolute Gasteiger partial charge is 0.472 e. The van der Waals surface area contributed by atoms with Gasteiger partial charge in [0.05, 0.1) is 17.6 Å². The Labute approximate surface area is 142 Å². The average Bonchev–Trinajstić information content (AvgIpc) is 2.77. The van der Waals surface area contributed by atoms with Crippen LogP contribution >= 0.6 is 0 Å². The molecule has 0 bridgehead atoms. The first-order valence-corrected chi connectivity index (χ1v) is 7.19. The molecular weight excluding hydrogens is 307 g/mol. The number of hydrogen-bond acceptors (Lipinski definition) is 5. The van der Waals surface area contributed by atoms with Crippen molar-refractivity contribution in [1.82, 2.24) is 13.5 Å². The molecule has 3 aromatic rings. The molecule has 0 aliphatic rings. The molecule has 0 aliphatic heterocycles. The number of nitrogens with two attached hydrogens (primary N) is 1. The zero-order valence-electron chi connectivity index (χ0n) is 12.0. The standard InChI is InChI=1S/C15H14N4O2.CH4.Al/c1-9(20)12-13-15(19-14(12)16)17-7-11(18-13)21-8-10-5-3-2-4-6-10;;/h2-7H,8H2,1H3,(H3,16,17,18,19,20);1H4;/q;;+1/p-1. The summed E-state index contributed by atoms with van der Waals surface area (Å²) in [6, 6.07) is 9.75. The molecule has 3 rings (SSSR count). The van der Waals surface area contributed by atoms with E-state index in [0.29, 0.717) is 35.0 Å². The third-order valence-electron chi connectivity index (χ3n) is 3.29. The van der Waals surface area contributed by atoms with Crippen LogP contribution in [0.4, 0.5) is 5.82 Å². The minimum absolute atomic E-state index is 0. The highest BCUT2D eigenvalue weighted by atomic mass is 27.1. The van der Waals surface area contributed by atoms with E-state index in [9.17, 15) is 4.79 Å². The van der Waals surface area contributed by atoms with Crippen molar-refractivity contribution in [3.63, 3.8) is 0 Å². The van der Waals surface area contributed by atoms with Gasteiger partial charge < -0.3 is 14.0 Å². The number of aromatic nitrogens is 3. The molecule has 0 aliphatic carbocycles. The van der Waals surface area contributed by atoms with Gasteiger partial charge in [0.15, 0.2) is 5.78 Å². The fraction of sp³-hybridized carbons (Fsp3) is 0.188. The van der Waals surface area contributed by atoms with Crippen molar-refractivity contribution in [3.8, 4) is 5.88 Å². The Hall–Kier alpha value is -2.36. The van der Waals surface area contributed by atoms with Crippen molar-refractivity contribution in [2.75, 3.05) is 5.73 Å². The van der Waals surface area contributed by atoms with Gasteiger partial charge in [0, 0.05) is 0 Å². The third-order valence-corrected chi connectivity index (χ3v) is 3.82. The van der Waals surface area contributed by atoms with Gasteiger partial charge in [0.1, 0.15) is 17.8 Å². The smallest absolute Gasteiger partial charge is 0.323 e. The molecule has 0 fully saturated rings. The van der Waals surface area contributed by atoms with Crippen LogP contribution in [0.15, 0.2) is 36.5 Å². The zero-order valence-corrected chi connectivity index (χ0v) is 13.1. The molecular formula is C16H17AlN4O2. The molecule has 0 saturated heterocycles. The quantitative estimate of drug-likeness (QED) is 0.588. The topological polar surface area (TPSA) is 83.0 Å². The molecule has 0 saturated carbocycles. The van der Waals surface area contributed by atoms with Crippen molar-refractivity contribution in [2.45, 2.75) is 21.0 Å². The number of fused-ring (bicyclic) bond motifs is 1. The van der Waals surface area contributed by atoms with Crippen LogP contribution in [-0.2, 0) is 6.61 Å². The van der Waals surface area contributed by atoms with Crippen LogP contribution in [0.25, 0.3) is 11.2 Å². The number of carbonyl (C=O) groups excluding carboxylic acids is 1. The SMILES string of the molecule is C.CC(=O)c1c(N)[n]([Al])c2ncc(OCc3ccccc3)nc12. The van der Waals surface area contributed by atoms with Crippen LogP contribution in [0.3, 0.4) is 0 Å². The van der Waals surface area contributed by atoms with E-state index >= 15 is 0 Å². The molecule has 2 N–H and O–H groups in total. The number of nitrogen functional groups attached to an aromatic ring is 1. The number of ether oxygens (including phenoxy) is 1. The number of nitrogens with zero attached hydrogens (tertiary/aromatic N) is 3. The Morgan fingerprint density at radius 1 is 1.35 bits per heavy atom. The molecule has 2 aromatic heterocycles. The van der Waals surface area contributed by atoms with Gasteiger partial charge in [0.25, 0.3) is 0 Å². The number of hydrogen-bond donors (Lipinski definition) is 1. The summed E-state index contributed by atoms with van der Waals surface area (Å²) >= 11 is 2.43. The number of Topliss-reactive ketones (excluding diaryl/α,β-unsaturated/α-hetero) is 1. The molecule has 0 unspecified atom stereocenters. The van der Waals surface area contributed by atoms with Gasteiger partial charge in [-0.3, -0.25) is 4.79 Å². The third kappa shape index (κ3) is 3.21. The predicted molar refractivity (Wildman–Crippen MR) is 90.6 cm³/mol. The Kier molecular flexibility index (Phi) is 5.04. The van der Waals surface area contributed by atoms with Gasteiger partial charge in [-0.25, -0.2) is 9.97 Å². The zero-order chi connectivity index (χ0) is 15.7. The van der Waals surface area contributed by atoms with Crippen LogP contribution in [0, 0.1) is 0 Å². The van der Waals surface area contributed by atoms with E-state index in [-0.39, 0.29) is 13.2 Å². The maximum atomic E-state index is 11.8. The monoisotopic (exact) mass is 324 g/mol. The summed E-state index contributed by atoms with van der Waals surface area (Å²) in [6.07, 6.45) is 1.52. The molecule has 2 radical (unpaired) electrons. The van der Waals surface area contributed by atoms with Crippen molar-refractivity contribution in [1.29, 1.82) is 0 Å². The minimum atomic E-state index is -0.154. The van der Waals surface area contributed by atoms with Crippen LogP contribution in [-0.4, -0.2) is 35.8 Å². The highest BCUT2D eigenvalue weighted by molar-refractivity contribution is 6.19. The second-order valence-corrected chi connectivity index (χ2v) is 5.36. The van der Waals surface area contributed by atoms with Gasteiger partial charge in [-0.15, -0.1) is 0 Å². The van der Waals surface area contributed by atoms with Crippen molar-refractivity contribution in [3.05, 3.63) is 47.7 Å². The minimum Gasteiger partial charge on any atom is -0.472 e. The second kappa shape index (κ2) is 6.82. The van der Waals surface area contributed by atoms with Crippen molar-refractivity contribution < 1.29 is 9.53 Å². The summed E-state index contributed by atoms with van der Waals surface area (Å²) in [4.78, 5) is 20.4. The van der Waals surface area contributed by atoms with E-state index in [1.165, 1.54) is 13.1 Å². The lowest BCUT2D eigenvalue weighted by Crippen LogP contribution is -2.02. The number of carbonyl (C=O) groups is 1. The first-order chi connectivity index (χ1) is 10.6. The lowest BCUT2D eigenvalue weighted by Gasteiger charge is -2.05. The lowest BCUT2D eigenvalue weighted by molar-refractivity contribution is 0.102. The molecule has 116 valence electrons. The Bertz CT molecular complexity index is 846. The average molecular weight is 324 g/mol. The molecule has 7 heteroatoms. The summed E-state index contributed by atoms with van der Waals surface area (Å²) in [5, 5.41) is 0.